The Morgan fingerprint density at radius 1 is 0.536 bits per heavy atom. The lowest BCUT2D eigenvalue weighted by Gasteiger charge is -2.33. The van der Waals surface area contributed by atoms with E-state index in [-0.39, 0.29) is 0 Å². The largest absolute Gasteiger partial charge is 0.300 e. The number of Topliss-reactive ketones (excluding diaryl/α,β-unsaturated/α-hetero) is 1. The Morgan fingerprint density at radius 3 is 1.39 bits per heavy atom. The molecule has 0 radical (unpaired) electrons. The molecular formula is C27H28O. The second kappa shape index (κ2) is 7.54. The summed E-state index contributed by atoms with van der Waals surface area (Å²) in [6.07, 6.45) is 8.61. The predicted molar refractivity (Wildman–Crippen MR) is 116 cm³/mol. The van der Waals surface area contributed by atoms with Crippen LogP contribution in [-0.2, 0) is 4.79 Å². The molecule has 28 heavy (non-hydrogen) atoms. The summed E-state index contributed by atoms with van der Waals surface area (Å²) in [7, 11) is 0. The number of rotatable bonds is 2. The van der Waals surface area contributed by atoms with Crippen LogP contribution in [0.2, 0.25) is 0 Å². The van der Waals surface area contributed by atoms with Crippen molar-refractivity contribution < 1.29 is 4.79 Å². The minimum atomic E-state index is 0.467. The molecule has 2 saturated carbocycles. The first kappa shape index (κ1) is 17.7. The molecule has 0 heterocycles. The van der Waals surface area contributed by atoms with Crippen LogP contribution in [-0.4, -0.2) is 5.78 Å². The Bertz CT molecular complexity index is 855. The Morgan fingerprint density at radius 2 is 0.964 bits per heavy atom. The quantitative estimate of drug-likeness (QED) is 0.566. The Kier molecular flexibility index (Phi) is 4.76. The summed E-state index contributed by atoms with van der Waals surface area (Å²) >= 11 is 0. The Labute approximate surface area is 168 Å². The van der Waals surface area contributed by atoms with Crippen LogP contribution in [0.25, 0.3) is 11.1 Å². The predicted octanol–water partition coefficient (Wildman–Crippen LogP) is 6.86. The fourth-order valence-corrected chi connectivity index (χ4v) is 5.68. The van der Waals surface area contributed by atoms with Gasteiger partial charge in [0.15, 0.2) is 0 Å². The maximum absolute atomic E-state index is 12.4. The fraction of sp³-hybridized carbons (Fsp3) is 0.370. The van der Waals surface area contributed by atoms with E-state index < -0.39 is 0 Å². The maximum Gasteiger partial charge on any atom is 0.133 e. The SMILES string of the molecule is O=C1C[C@H]2C/C(c3ccccc3)=C3/CCCC/C3=C(\c3ccccc3)C[C@@H]2C1. The zero-order valence-corrected chi connectivity index (χ0v) is 16.5. The van der Waals surface area contributed by atoms with Gasteiger partial charge in [-0.05, 0) is 83.8 Å². The third-order valence-corrected chi connectivity index (χ3v) is 7.02. The van der Waals surface area contributed by atoms with Gasteiger partial charge in [0.05, 0.1) is 0 Å². The van der Waals surface area contributed by atoms with Crippen molar-refractivity contribution in [1.29, 1.82) is 0 Å². The lowest BCUT2D eigenvalue weighted by Crippen LogP contribution is -2.16. The molecule has 0 unspecified atom stereocenters. The van der Waals surface area contributed by atoms with Crippen molar-refractivity contribution in [3.05, 3.63) is 82.9 Å². The molecule has 1 heteroatoms. The molecule has 0 aliphatic heterocycles. The topological polar surface area (TPSA) is 17.1 Å². The van der Waals surface area contributed by atoms with E-state index in [9.17, 15) is 4.79 Å². The van der Waals surface area contributed by atoms with Gasteiger partial charge in [-0.1, -0.05) is 60.7 Å². The van der Waals surface area contributed by atoms with E-state index in [1.165, 1.54) is 48.0 Å². The molecule has 3 aliphatic carbocycles. The van der Waals surface area contributed by atoms with Crippen molar-refractivity contribution in [2.45, 2.75) is 51.4 Å². The molecule has 0 spiro atoms. The van der Waals surface area contributed by atoms with Crippen molar-refractivity contribution in [2.75, 3.05) is 0 Å². The average Bonchev–Trinajstić information content (AvgIpc) is 3.09. The van der Waals surface area contributed by atoms with Crippen LogP contribution in [0.1, 0.15) is 62.5 Å². The molecule has 0 bridgehead atoms. The zero-order valence-electron chi connectivity index (χ0n) is 16.5. The second-order valence-corrected chi connectivity index (χ2v) is 8.73. The number of fused-ring (bicyclic) bond motifs is 2. The van der Waals surface area contributed by atoms with Crippen LogP contribution in [0.3, 0.4) is 0 Å². The minimum Gasteiger partial charge on any atom is -0.300 e. The summed E-state index contributed by atoms with van der Waals surface area (Å²) in [5, 5.41) is 0. The molecule has 0 N–H and O–H groups in total. The standard InChI is InChI=1S/C27H28O/c28-23-15-21-17-26(19-9-3-1-4-10-19)24-13-7-8-14-25(24)27(18-22(21)16-23)20-11-5-2-6-12-20/h1-6,9-12,21-22H,7-8,13-18H2/b26-24+,27-25+/t21-,22-/m0/s1. The number of hydrogen-bond donors (Lipinski definition) is 0. The molecule has 1 nitrogen and oxygen atoms in total. The number of ketones is 1. The number of benzene rings is 2. The van der Waals surface area contributed by atoms with Gasteiger partial charge in [-0.15, -0.1) is 0 Å². The van der Waals surface area contributed by atoms with E-state index in [1.54, 1.807) is 11.1 Å². The van der Waals surface area contributed by atoms with Crippen LogP contribution < -0.4 is 0 Å². The van der Waals surface area contributed by atoms with E-state index in [4.69, 9.17) is 0 Å². The van der Waals surface area contributed by atoms with Gasteiger partial charge in [-0.2, -0.15) is 0 Å². The van der Waals surface area contributed by atoms with Crippen LogP contribution in [0, 0.1) is 11.8 Å². The Balaban J connectivity index is 1.73. The summed E-state index contributed by atoms with van der Waals surface area (Å²) in [5.41, 5.74) is 8.96. The summed E-state index contributed by atoms with van der Waals surface area (Å²) in [6.45, 7) is 0. The number of hydrogen-bond acceptors (Lipinski definition) is 1. The van der Waals surface area contributed by atoms with Crippen molar-refractivity contribution in [1.82, 2.24) is 0 Å². The van der Waals surface area contributed by atoms with Crippen LogP contribution in [0.4, 0.5) is 0 Å². The molecule has 3 aliphatic rings. The van der Waals surface area contributed by atoms with Crippen LogP contribution >= 0.6 is 0 Å². The molecule has 2 atom stereocenters. The first-order valence-corrected chi connectivity index (χ1v) is 10.9. The van der Waals surface area contributed by atoms with E-state index in [0.717, 1.165) is 25.7 Å². The van der Waals surface area contributed by atoms with Gasteiger partial charge >= 0.3 is 0 Å². The molecule has 0 aromatic heterocycles. The lowest BCUT2D eigenvalue weighted by atomic mass is 9.72. The smallest absolute Gasteiger partial charge is 0.133 e. The average molecular weight is 369 g/mol. The summed E-state index contributed by atoms with van der Waals surface area (Å²) in [4.78, 5) is 12.4. The normalized spacial score (nSPS) is 30.4. The Hall–Kier alpha value is -2.41. The third kappa shape index (κ3) is 3.28. The molecule has 2 aromatic carbocycles. The third-order valence-electron chi connectivity index (χ3n) is 7.02. The second-order valence-electron chi connectivity index (χ2n) is 8.73. The number of carbonyl (C=O) groups is 1. The summed E-state index contributed by atoms with van der Waals surface area (Å²) < 4.78 is 0. The highest BCUT2D eigenvalue weighted by Gasteiger charge is 2.37. The van der Waals surface area contributed by atoms with Gasteiger partial charge < -0.3 is 0 Å². The molecular weight excluding hydrogens is 340 g/mol. The molecule has 0 amide bonds. The van der Waals surface area contributed by atoms with Crippen molar-refractivity contribution >= 4 is 16.9 Å². The van der Waals surface area contributed by atoms with Gasteiger partial charge in [0.25, 0.3) is 0 Å². The van der Waals surface area contributed by atoms with Crippen LogP contribution in [0.15, 0.2) is 71.8 Å². The van der Waals surface area contributed by atoms with E-state index >= 15 is 0 Å². The number of carbonyl (C=O) groups excluding carboxylic acids is 1. The summed E-state index contributed by atoms with van der Waals surface area (Å²) in [6, 6.07) is 21.9. The van der Waals surface area contributed by atoms with Gasteiger partial charge in [0, 0.05) is 12.8 Å². The highest BCUT2D eigenvalue weighted by atomic mass is 16.1. The number of allylic oxidation sites excluding steroid dienone is 4. The van der Waals surface area contributed by atoms with Crippen molar-refractivity contribution in [2.24, 2.45) is 11.8 Å². The molecule has 5 rings (SSSR count). The van der Waals surface area contributed by atoms with E-state index in [2.05, 4.69) is 60.7 Å². The molecule has 142 valence electrons. The van der Waals surface area contributed by atoms with Crippen molar-refractivity contribution in [3.63, 3.8) is 0 Å². The highest BCUT2D eigenvalue weighted by molar-refractivity contribution is 5.85. The van der Waals surface area contributed by atoms with Gasteiger partial charge in [-0.25, -0.2) is 0 Å². The lowest BCUT2D eigenvalue weighted by molar-refractivity contribution is -0.117. The van der Waals surface area contributed by atoms with E-state index in [0.29, 0.717) is 17.6 Å². The van der Waals surface area contributed by atoms with Gasteiger partial charge in [0.2, 0.25) is 0 Å². The molecule has 2 fully saturated rings. The monoisotopic (exact) mass is 368 g/mol. The molecule has 0 saturated heterocycles. The summed E-state index contributed by atoms with van der Waals surface area (Å²) in [5.74, 6) is 1.46. The van der Waals surface area contributed by atoms with Crippen LogP contribution in [0.5, 0.6) is 0 Å². The van der Waals surface area contributed by atoms with E-state index in [1.807, 2.05) is 0 Å². The van der Waals surface area contributed by atoms with Crippen molar-refractivity contribution in [3.8, 4) is 0 Å². The first-order valence-electron chi connectivity index (χ1n) is 10.9. The van der Waals surface area contributed by atoms with Gasteiger partial charge in [0.1, 0.15) is 5.78 Å². The minimum absolute atomic E-state index is 0.467. The first-order chi connectivity index (χ1) is 13.8. The fourth-order valence-electron chi connectivity index (χ4n) is 5.68. The molecule has 2 aromatic rings. The van der Waals surface area contributed by atoms with Gasteiger partial charge in [-0.3, -0.25) is 4.79 Å². The highest BCUT2D eigenvalue weighted by Crippen LogP contribution is 2.49. The zero-order chi connectivity index (χ0) is 18.9. The maximum atomic E-state index is 12.4.